The van der Waals surface area contributed by atoms with Gasteiger partial charge in [0.2, 0.25) is 5.91 Å². The molecule has 2 rings (SSSR count). The summed E-state index contributed by atoms with van der Waals surface area (Å²) < 4.78 is 0.842. The number of ketones is 2. The summed E-state index contributed by atoms with van der Waals surface area (Å²) in [6.45, 7) is 1.92. The van der Waals surface area contributed by atoms with Crippen molar-refractivity contribution in [2.24, 2.45) is 0 Å². The van der Waals surface area contributed by atoms with Crippen LogP contribution in [0.3, 0.4) is 0 Å². The number of amides is 2. The van der Waals surface area contributed by atoms with E-state index in [2.05, 4.69) is 26.8 Å². The quantitative estimate of drug-likeness (QED) is 0.474. The minimum atomic E-state index is -0.464. The van der Waals surface area contributed by atoms with E-state index in [1.54, 1.807) is 30.3 Å². The normalized spacial score (nSPS) is 10.3. The van der Waals surface area contributed by atoms with Crippen LogP contribution in [0.5, 0.6) is 0 Å². The lowest BCUT2D eigenvalue weighted by molar-refractivity contribution is -0.125. The second-order valence-electron chi connectivity index (χ2n) is 5.88. The summed E-state index contributed by atoms with van der Waals surface area (Å²) in [5.74, 6) is -1.13. The van der Waals surface area contributed by atoms with Crippen molar-refractivity contribution >= 4 is 50.6 Å². The van der Waals surface area contributed by atoms with Gasteiger partial charge in [-0.3, -0.25) is 30.0 Å². The highest BCUT2D eigenvalue weighted by molar-refractivity contribution is 9.10. The zero-order valence-electron chi connectivity index (χ0n) is 14.7. The van der Waals surface area contributed by atoms with Gasteiger partial charge in [-0.1, -0.05) is 15.9 Å². The molecule has 0 bridgehead atoms. The molecule has 6 nitrogen and oxygen atoms in total. The third-order valence-corrected chi connectivity index (χ3v) is 5.27. The first-order valence-electron chi connectivity index (χ1n) is 8.31. The minimum Gasteiger partial charge on any atom is -0.300 e. The highest BCUT2D eigenvalue weighted by atomic mass is 79.9. The molecular weight excluding hydrogens is 432 g/mol. The van der Waals surface area contributed by atoms with E-state index in [0.717, 1.165) is 9.35 Å². The minimum absolute atomic E-state index is 0.0245. The van der Waals surface area contributed by atoms with Gasteiger partial charge < -0.3 is 0 Å². The molecule has 1 heterocycles. The van der Waals surface area contributed by atoms with E-state index in [1.807, 2.05) is 13.0 Å². The Kier molecular flexibility index (Phi) is 7.87. The first kappa shape index (κ1) is 21.0. The van der Waals surface area contributed by atoms with E-state index in [9.17, 15) is 19.2 Å². The van der Waals surface area contributed by atoms with Crippen molar-refractivity contribution in [2.75, 3.05) is 0 Å². The highest BCUT2D eigenvalue weighted by Crippen LogP contribution is 2.17. The van der Waals surface area contributed by atoms with E-state index in [1.165, 1.54) is 11.3 Å². The van der Waals surface area contributed by atoms with Gasteiger partial charge in [-0.15, -0.1) is 11.3 Å². The zero-order chi connectivity index (χ0) is 19.8. The first-order valence-corrected chi connectivity index (χ1v) is 9.92. The number of carbonyl (C=O) groups excluding carboxylic acids is 4. The van der Waals surface area contributed by atoms with Crippen LogP contribution in [-0.2, 0) is 9.59 Å². The smallest absolute Gasteiger partial charge is 0.269 e. The summed E-state index contributed by atoms with van der Waals surface area (Å²) in [5.41, 5.74) is 4.97. The van der Waals surface area contributed by atoms with Crippen molar-refractivity contribution in [1.29, 1.82) is 0 Å². The van der Waals surface area contributed by atoms with Crippen LogP contribution in [0, 0.1) is 6.92 Å². The Morgan fingerprint density at radius 3 is 2.19 bits per heavy atom. The Balaban J connectivity index is 1.65. The van der Waals surface area contributed by atoms with Gasteiger partial charge in [0, 0.05) is 40.6 Å². The Labute approximate surface area is 169 Å². The number of benzene rings is 1. The van der Waals surface area contributed by atoms with Crippen LogP contribution in [0.25, 0.3) is 0 Å². The summed E-state index contributed by atoms with van der Waals surface area (Å²) in [7, 11) is 0. The average molecular weight is 451 g/mol. The number of carbonyl (C=O) groups is 4. The van der Waals surface area contributed by atoms with Crippen molar-refractivity contribution < 1.29 is 19.2 Å². The van der Waals surface area contributed by atoms with Crippen LogP contribution in [0.2, 0.25) is 0 Å². The average Bonchev–Trinajstić information content (AvgIpc) is 3.09. The number of hydrogen-bond donors (Lipinski definition) is 2. The number of hydrazine groups is 1. The third kappa shape index (κ3) is 7.07. The molecular formula is C19H19BrN2O4S. The summed E-state index contributed by atoms with van der Waals surface area (Å²) in [6.07, 6.45) is 0.220. The van der Waals surface area contributed by atoms with Gasteiger partial charge in [0.25, 0.3) is 5.91 Å². The van der Waals surface area contributed by atoms with E-state index in [4.69, 9.17) is 0 Å². The fourth-order valence-electron chi connectivity index (χ4n) is 2.20. The van der Waals surface area contributed by atoms with Crippen LogP contribution in [0.4, 0.5) is 0 Å². The molecule has 0 atom stereocenters. The standard InChI is InChI=1S/C19H19BrN2O4S/c1-12-2-10-17(27-12)16(24)9-7-15(23)8-11-18(25)21-22-19(26)13-3-5-14(20)6-4-13/h2-6,10H,7-9,11H2,1H3,(H,21,25)(H,22,26). The van der Waals surface area contributed by atoms with Crippen LogP contribution < -0.4 is 10.9 Å². The van der Waals surface area contributed by atoms with Crippen molar-refractivity contribution in [3.05, 3.63) is 56.2 Å². The second-order valence-corrected chi connectivity index (χ2v) is 8.08. The fraction of sp³-hybridized carbons (Fsp3) is 0.263. The van der Waals surface area contributed by atoms with Gasteiger partial charge in [-0.05, 0) is 43.3 Å². The van der Waals surface area contributed by atoms with E-state index in [0.29, 0.717) is 10.4 Å². The molecule has 0 saturated carbocycles. The van der Waals surface area contributed by atoms with Gasteiger partial charge in [0.15, 0.2) is 5.78 Å². The molecule has 0 fully saturated rings. The van der Waals surface area contributed by atoms with Gasteiger partial charge in [-0.25, -0.2) is 0 Å². The lowest BCUT2D eigenvalue weighted by Gasteiger charge is -2.07. The molecule has 0 unspecified atom stereocenters. The molecule has 27 heavy (non-hydrogen) atoms. The predicted octanol–water partition coefficient (Wildman–Crippen LogP) is 3.59. The molecule has 2 amide bonds. The molecule has 0 aliphatic heterocycles. The van der Waals surface area contributed by atoms with Crippen LogP contribution in [0.15, 0.2) is 40.9 Å². The molecule has 0 radical (unpaired) electrons. The summed E-state index contributed by atoms with van der Waals surface area (Å²) in [4.78, 5) is 49.1. The van der Waals surface area contributed by atoms with Crippen molar-refractivity contribution in [2.45, 2.75) is 32.6 Å². The number of Topliss-reactive ketones (excluding diaryl/α,β-unsaturated/α-hetero) is 2. The number of hydrogen-bond acceptors (Lipinski definition) is 5. The maximum atomic E-state index is 12.0. The van der Waals surface area contributed by atoms with Crippen molar-refractivity contribution in [1.82, 2.24) is 10.9 Å². The molecule has 142 valence electrons. The van der Waals surface area contributed by atoms with Crippen molar-refractivity contribution in [3.8, 4) is 0 Å². The molecule has 0 spiro atoms. The van der Waals surface area contributed by atoms with E-state index >= 15 is 0 Å². The fourth-order valence-corrected chi connectivity index (χ4v) is 3.30. The second kappa shape index (κ2) is 10.1. The first-order chi connectivity index (χ1) is 12.8. The molecule has 0 aliphatic rings. The topological polar surface area (TPSA) is 92.3 Å². The van der Waals surface area contributed by atoms with Gasteiger partial charge >= 0.3 is 0 Å². The Morgan fingerprint density at radius 1 is 0.889 bits per heavy atom. The molecule has 0 aliphatic carbocycles. The van der Waals surface area contributed by atoms with E-state index in [-0.39, 0.29) is 37.2 Å². The number of halogens is 1. The third-order valence-electron chi connectivity index (χ3n) is 3.70. The molecule has 0 saturated heterocycles. The Hall–Kier alpha value is -2.32. The van der Waals surface area contributed by atoms with E-state index < -0.39 is 11.8 Å². The number of thiophene rings is 1. The SMILES string of the molecule is Cc1ccc(C(=O)CCC(=O)CCC(=O)NNC(=O)c2ccc(Br)cc2)s1. The maximum absolute atomic E-state index is 12.0. The number of rotatable bonds is 8. The Bertz CT molecular complexity index is 846. The molecule has 1 aromatic carbocycles. The lowest BCUT2D eigenvalue weighted by Crippen LogP contribution is -2.41. The predicted molar refractivity (Wildman–Crippen MR) is 107 cm³/mol. The van der Waals surface area contributed by atoms with Gasteiger partial charge in [0.05, 0.1) is 4.88 Å². The number of nitrogens with one attached hydrogen (secondary N) is 2. The molecule has 8 heteroatoms. The monoisotopic (exact) mass is 450 g/mol. The van der Waals surface area contributed by atoms with Crippen LogP contribution in [0.1, 0.15) is 50.6 Å². The largest absolute Gasteiger partial charge is 0.300 e. The summed E-state index contributed by atoms with van der Waals surface area (Å²) in [5, 5.41) is 0. The van der Waals surface area contributed by atoms with Crippen molar-refractivity contribution in [3.63, 3.8) is 0 Å². The molecule has 2 aromatic rings. The maximum Gasteiger partial charge on any atom is 0.269 e. The molecule has 1 aromatic heterocycles. The zero-order valence-corrected chi connectivity index (χ0v) is 17.1. The Morgan fingerprint density at radius 2 is 1.56 bits per heavy atom. The van der Waals surface area contributed by atoms with Gasteiger partial charge in [-0.2, -0.15) is 0 Å². The lowest BCUT2D eigenvalue weighted by atomic mass is 10.1. The van der Waals surface area contributed by atoms with Crippen LogP contribution in [-0.4, -0.2) is 23.4 Å². The summed E-state index contributed by atoms with van der Waals surface area (Å²) in [6, 6.07) is 10.3. The number of aryl methyl sites for hydroxylation is 1. The molecule has 2 N–H and O–H groups in total. The van der Waals surface area contributed by atoms with Gasteiger partial charge in [0.1, 0.15) is 5.78 Å². The highest BCUT2D eigenvalue weighted by Gasteiger charge is 2.13. The summed E-state index contributed by atoms with van der Waals surface area (Å²) >= 11 is 4.68. The van der Waals surface area contributed by atoms with Crippen LogP contribution >= 0.6 is 27.3 Å².